The number of rotatable bonds is 5. The summed E-state index contributed by atoms with van der Waals surface area (Å²) in [6.07, 6.45) is 5.12. The number of sulfonamides is 1. The highest BCUT2D eigenvalue weighted by Gasteiger charge is 2.26. The minimum atomic E-state index is -3.08. The highest BCUT2D eigenvalue weighted by Crippen LogP contribution is 2.22. The van der Waals surface area contributed by atoms with Gasteiger partial charge in [0.15, 0.2) is 0 Å². The molecule has 1 saturated heterocycles. The number of ketones is 1. The Morgan fingerprint density at radius 2 is 2.12 bits per heavy atom. The van der Waals surface area contributed by atoms with E-state index in [2.05, 4.69) is 0 Å². The molecular weight excluding hydrogens is 226 g/mol. The molecule has 1 atom stereocenters. The van der Waals surface area contributed by atoms with Gasteiger partial charge in [-0.25, -0.2) is 12.7 Å². The molecule has 1 fully saturated rings. The summed E-state index contributed by atoms with van der Waals surface area (Å²) >= 11 is 0. The molecule has 4 nitrogen and oxygen atoms in total. The van der Waals surface area contributed by atoms with E-state index in [0.717, 1.165) is 19.3 Å². The lowest BCUT2D eigenvalue weighted by Crippen LogP contribution is -2.39. The Balaban J connectivity index is 2.48. The first-order valence-electron chi connectivity index (χ1n) is 5.90. The van der Waals surface area contributed by atoms with E-state index in [1.54, 1.807) is 0 Å². The summed E-state index contributed by atoms with van der Waals surface area (Å²) in [7, 11) is -3.08. The minimum Gasteiger partial charge on any atom is -0.300 e. The quantitative estimate of drug-likeness (QED) is 0.738. The van der Waals surface area contributed by atoms with Crippen molar-refractivity contribution in [3.63, 3.8) is 0 Å². The zero-order chi connectivity index (χ0) is 12.2. The van der Waals surface area contributed by atoms with Gasteiger partial charge in [0.25, 0.3) is 0 Å². The summed E-state index contributed by atoms with van der Waals surface area (Å²) in [4.78, 5) is 11.5. The van der Waals surface area contributed by atoms with Crippen LogP contribution in [0.1, 0.15) is 39.0 Å². The maximum atomic E-state index is 11.5. The maximum Gasteiger partial charge on any atom is 0.211 e. The third-order valence-electron chi connectivity index (χ3n) is 3.00. The van der Waals surface area contributed by atoms with Crippen molar-refractivity contribution in [2.45, 2.75) is 39.0 Å². The Morgan fingerprint density at radius 3 is 2.69 bits per heavy atom. The fourth-order valence-electron chi connectivity index (χ4n) is 2.20. The van der Waals surface area contributed by atoms with Crippen molar-refractivity contribution in [1.29, 1.82) is 0 Å². The van der Waals surface area contributed by atoms with E-state index in [1.807, 2.05) is 6.92 Å². The van der Waals surface area contributed by atoms with Gasteiger partial charge in [0, 0.05) is 25.9 Å². The van der Waals surface area contributed by atoms with Crippen LogP contribution in [0.5, 0.6) is 0 Å². The lowest BCUT2D eigenvalue weighted by molar-refractivity contribution is -0.120. The van der Waals surface area contributed by atoms with Crippen molar-refractivity contribution in [2.24, 2.45) is 5.92 Å². The van der Waals surface area contributed by atoms with Crippen molar-refractivity contribution < 1.29 is 13.2 Å². The van der Waals surface area contributed by atoms with E-state index in [-0.39, 0.29) is 11.7 Å². The van der Waals surface area contributed by atoms with Crippen molar-refractivity contribution in [3.8, 4) is 0 Å². The Bertz CT molecular complexity index is 337. The SMILES string of the molecule is CCCC(=O)CC1CCCN(S(C)(=O)=O)C1. The first-order valence-corrected chi connectivity index (χ1v) is 7.75. The van der Waals surface area contributed by atoms with Gasteiger partial charge in [-0.15, -0.1) is 0 Å². The second-order valence-electron chi connectivity index (χ2n) is 4.62. The molecule has 1 rings (SSSR count). The second kappa shape index (κ2) is 5.77. The molecule has 0 aromatic heterocycles. The third kappa shape index (κ3) is 4.22. The number of nitrogens with zero attached hydrogens (tertiary/aromatic N) is 1. The summed E-state index contributed by atoms with van der Waals surface area (Å²) in [6.45, 7) is 3.12. The number of piperidine rings is 1. The molecule has 5 heteroatoms. The lowest BCUT2D eigenvalue weighted by Gasteiger charge is -2.30. The fraction of sp³-hybridized carbons (Fsp3) is 0.909. The van der Waals surface area contributed by atoms with E-state index in [4.69, 9.17) is 0 Å². The molecule has 1 aliphatic heterocycles. The predicted octanol–water partition coefficient (Wildman–Crippen LogP) is 1.42. The molecule has 0 amide bonds. The number of Topliss-reactive ketones (excluding diaryl/α,β-unsaturated/α-hetero) is 1. The summed E-state index contributed by atoms with van der Waals surface area (Å²) in [5, 5.41) is 0. The Labute approximate surface area is 98.1 Å². The zero-order valence-electron chi connectivity index (χ0n) is 10.1. The predicted molar refractivity (Wildman–Crippen MR) is 63.7 cm³/mol. The van der Waals surface area contributed by atoms with Gasteiger partial charge in [0.1, 0.15) is 5.78 Å². The van der Waals surface area contributed by atoms with Crippen LogP contribution in [0.3, 0.4) is 0 Å². The van der Waals surface area contributed by atoms with Gasteiger partial charge in [-0.3, -0.25) is 4.79 Å². The highest BCUT2D eigenvalue weighted by molar-refractivity contribution is 7.88. The van der Waals surface area contributed by atoms with E-state index in [9.17, 15) is 13.2 Å². The van der Waals surface area contributed by atoms with E-state index >= 15 is 0 Å². The first kappa shape index (κ1) is 13.6. The first-order chi connectivity index (χ1) is 7.43. The van der Waals surface area contributed by atoms with Crippen LogP contribution in [0.15, 0.2) is 0 Å². The topological polar surface area (TPSA) is 54.5 Å². The minimum absolute atomic E-state index is 0.225. The highest BCUT2D eigenvalue weighted by atomic mass is 32.2. The fourth-order valence-corrected chi connectivity index (χ4v) is 3.14. The normalized spacial score (nSPS) is 23.2. The molecule has 0 aliphatic carbocycles. The summed E-state index contributed by atoms with van der Waals surface area (Å²) in [6, 6.07) is 0. The van der Waals surface area contributed by atoms with Gasteiger partial charge in [-0.05, 0) is 25.2 Å². The van der Waals surface area contributed by atoms with Crippen molar-refractivity contribution in [1.82, 2.24) is 4.31 Å². The molecule has 0 bridgehead atoms. The van der Waals surface area contributed by atoms with Crippen molar-refractivity contribution in [3.05, 3.63) is 0 Å². The summed E-state index contributed by atoms with van der Waals surface area (Å²) in [5.41, 5.74) is 0. The molecule has 1 heterocycles. The molecule has 0 radical (unpaired) electrons. The van der Waals surface area contributed by atoms with Gasteiger partial charge in [0.2, 0.25) is 10.0 Å². The second-order valence-corrected chi connectivity index (χ2v) is 6.60. The van der Waals surface area contributed by atoms with Crippen LogP contribution < -0.4 is 0 Å². The van der Waals surface area contributed by atoms with Crippen LogP contribution in [-0.2, 0) is 14.8 Å². The number of carbonyl (C=O) groups is 1. The van der Waals surface area contributed by atoms with Gasteiger partial charge >= 0.3 is 0 Å². The van der Waals surface area contributed by atoms with Crippen LogP contribution >= 0.6 is 0 Å². The van der Waals surface area contributed by atoms with Crippen LogP contribution in [-0.4, -0.2) is 37.9 Å². The summed E-state index contributed by atoms with van der Waals surface area (Å²) < 4.78 is 24.3. The van der Waals surface area contributed by atoms with Gasteiger partial charge in [0.05, 0.1) is 6.26 Å². The van der Waals surface area contributed by atoms with Crippen LogP contribution in [0.25, 0.3) is 0 Å². The smallest absolute Gasteiger partial charge is 0.211 e. The Morgan fingerprint density at radius 1 is 1.44 bits per heavy atom. The molecule has 0 saturated carbocycles. The van der Waals surface area contributed by atoms with E-state index < -0.39 is 10.0 Å². The summed E-state index contributed by atoms with van der Waals surface area (Å²) in [5.74, 6) is 0.491. The molecule has 0 aromatic rings. The van der Waals surface area contributed by atoms with Crippen LogP contribution in [0, 0.1) is 5.92 Å². The average molecular weight is 247 g/mol. The zero-order valence-corrected chi connectivity index (χ0v) is 10.9. The Hall–Kier alpha value is -0.420. The molecule has 0 spiro atoms. The molecule has 16 heavy (non-hydrogen) atoms. The van der Waals surface area contributed by atoms with Gasteiger partial charge in [-0.1, -0.05) is 6.92 Å². The molecular formula is C11H21NO3S. The molecule has 94 valence electrons. The van der Waals surface area contributed by atoms with Crippen LogP contribution in [0.2, 0.25) is 0 Å². The monoisotopic (exact) mass is 247 g/mol. The third-order valence-corrected chi connectivity index (χ3v) is 4.27. The van der Waals surface area contributed by atoms with E-state index in [0.29, 0.717) is 25.9 Å². The largest absolute Gasteiger partial charge is 0.300 e. The molecule has 0 N–H and O–H groups in total. The number of hydrogen-bond acceptors (Lipinski definition) is 3. The van der Waals surface area contributed by atoms with Gasteiger partial charge < -0.3 is 0 Å². The molecule has 0 aromatic carbocycles. The maximum absolute atomic E-state index is 11.5. The van der Waals surface area contributed by atoms with Crippen LogP contribution in [0.4, 0.5) is 0 Å². The number of carbonyl (C=O) groups excluding carboxylic acids is 1. The Kier molecular flexibility index (Phi) is 4.92. The average Bonchev–Trinajstić information content (AvgIpc) is 2.17. The van der Waals surface area contributed by atoms with Gasteiger partial charge in [-0.2, -0.15) is 0 Å². The van der Waals surface area contributed by atoms with Crippen molar-refractivity contribution >= 4 is 15.8 Å². The molecule has 1 aliphatic rings. The molecule has 1 unspecified atom stereocenters. The van der Waals surface area contributed by atoms with E-state index in [1.165, 1.54) is 10.6 Å². The lowest BCUT2D eigenvalue weighted by atomic mass is 9.93. The standard InChI is InChI=1S/C11H21NO3S/c1-3-5-11(13)8-10-6-4-7-12(9-10)16(2,14)15/h10H,3-9H2,1-2H3. The van der Waals surface area contributed by atoms with Crippen molar-refractivity contribution in [2.75, 3.05) is 19.3 Å². The number of hydrogen-bond donors (Lipinski definition) is 0.